The maximum Gasteiger partial charge on any atom is 0.223 e. The summed E-state index contributed by atoms with van der Waals surface area (Å²) in [4.78, 5) is 17.0. The smallest absolute Gasteiger partial charge is 0.223 e. The third-order valence-corrected chi connectivity index (χ3v) is 6.47. The summed E-state index contributed by atoms with van der Waals surface area (Å²) in [5, 5.41) is 0. The fraction of sp³-hybridized carbons (Fsp3) is 0.682. The Morgan fingerprint density at radius 1 is 1.30 bits per heavy atom. The second-order valence-electron chi connectivity index (χ2n) is 8.69. The summed E-state index contributed by atoms with van der Waals surface area (Å²) in [6.45, 7) is 7.82. The quantitative estimate of drug-likeness (QED) is 0.720. The molecule has 1 spiro atoms. The first-order valence-corrected chi connectivity index (χ1v) is 10.3. The van der Waals surface area contributed by atoms with Gasteiger partial charge in [0.15, 0.2) is 0 Å². The number of fused-ring (bicyclic) bond motifs is 1. The summed E-state index contributed by atoms with van der Waals surface area (Å²) in [6.07, 6.45) is 5.26. The zero-order valence-corrected chi connectivity index (χ0v) is 16.7. The molecule has 0 bridgehead atoms. The molecule has 1 amide bonds. The second-order valence-corrected chi connectivity index (χ2v) is 8.69. The van der Waals surface area contributed by atoms with Crippen molar-refractivity contribution in [2.24, 2.45) is 5.41 Å². The topological polar surface area (TPSA) is 42.0 Å². The second kappa shape index (κ2) is 7.80. The van der Waals surface area contributed by atoms with Crippen molar-refractivity contribution in [3.63, 3.8) is 0 Å². The third-order valence-electron chi connectivity index (χ3n) is 6.47. The minimum Gasteiger partial charge on any atom is -0.490 e. The Labute approximate surface area is 162 Å². The monoisotopic (exact) mass is 372 g/mol. The molecule has 0 aromatic heterocycles. The number of carbonyl (C=O) groups excluding carboxylic acids is 1. The number of carbonyl (C=O) groups is 1. The molecule has 27 heavy (non-hydrogen) atoms. The Morgan fingerprint density at radius 3 is 2.89 bits per heavy atom. The lowest BCUT2D eigenvalue weighted by molar-refractivity contribution is -0.128. The number of hydrogen-bond donors (Lipinski definition) is 0. The lowest BCUT2D eigenvalue weighted by atomic mass is 9.77. The van der Waals surface area contributed by atoms with Gasteiger partial charge in [-0.15, -0.1) is 0 Å². The van der Waals surface area contributed by atoms with Gasteiger partial charge < -0.3 is 14.4 Å². The molecular weight excluding hydrogens is 340 g/mol. The van der Waals surface area contributed by atoms with Crippen molar-refractivity contribution in [3.05, 3.63) is 29.3 Å². The fourth-order valence-corrected chi connectivity index (χ4v) is 4.94. The van der Waals surface area contributed by atoms with Crippen LogP contribution in [0.5, 0.6) is 5.75 Å². The minimum atomic E-state index is 0.210. The maximum atomic E-state index is 12.4. The van der Waals surface area contributed by atoms with Gasteiger partial charge in [-0.2, -0.15) is 0 Å². The molecule has 0 unspecified atom stereocenters. The Morgan fingerprint density at radius 2 is 2.11 bits per heavy atom. The normalized spacial score (nSPS) is 24.4. The molecule has 2 saturated heterocycles. The average Bonchev–Trinajstić information content (AvgIpc) is 3.16. The van der Waals surface area contributed by atoms with Gasteiger partial charge in [0.2, 0.25) is 5.91 Å². The van der Waals surface area contributed by atoms with Gasteiger partial charge in [0.05, 0.1) is 0 Å². The molecule has 0 aliphatic carbocycles. The van der Waals surface area contributed by atoms with E-state index in [-0.39, 0.29) is 5.41 Å². The Balaban J connectivity index is 1.29. The van der Waals surface area contributed by atoms with E-state index in [9.17, 15) is 4.79 Å². The molecule has 3 heterocycles. The van der Waals surface area contributed by atoms with Crippen LogP contribution in [0.1, 0.15) is 43.7 Å². The highest BCUT2D eigenvalue weighted by atomic mass is 16.5. The van der Waals surface area contributed by atoms with Crippen molar-refractivity contribution in [1.29, 1.82) is 0 Å². The molecule has 5 nitrogen and oxygen atoms in total. The summed E-state index contributed by atoms with van der Waals surface area (Å²) < 4.78 is 10.9. The number of ether oxygens (including phenoxy) is 2. The number of benzene rings is 1. The van der Waals surface area contributed by atoms with Crippen molar-refractivity contribution in [2.45, 2.75) is 51.7 Å². The lowest BCUT2D eigenvalue weighted by Crippen LogP contribution is -2.41. The molecule has 5 heteroatoms. The van der Waals surface area contributed by atoms with Crippen LogP contribution in [0.4, 0.5) is 0 Å². The van der Waals surface area contributed by atoms with Crippen LogP contribution in [0.3, 0.4) is 0 Å². The van der Waals surface area contributed by atoms with Gasteiger partial charge >= 0.3 is 0 Å². The first-order valence-electron chi connectivity index (χ1n) is 10.3. The predicted octanol–water partition coefficient (Wildman–Crippen LogP) is 2.86. The molecule has 1 aromatic carbocycles. The SMILES string of the molecule is COCCCN1CC2(CCN(Cc3ccc4c(c3)C[C@@H](C)O4)CC2)CC1=O. The van der Waals surface area contributed by atoms with E-state index < -0.39 is 0 Å². The van der Waals surface area contributed by atoms with Crippen LogP contribution >= 0.6 is 0 Å². The van der Waals surface area contributed by atoms with Crippen molar-refractivity contribution in [2.75, 3.05) is 39.9 Å². The molecule has 0 N–H and O–H groups in total. The number of piperidine rings is 1. The zero-order chi connectivity index (χ0) is 18.9. The zero-order valence-electron chi connectivity index (χ0n) is 16.7. The van der Waals surface area contributed by atoms with E-state index >= 15 is 0 Å². The molecule has 3 aliphatic heterocycles. The van der Waals surface area contributed by atoms with Crippen LogP contribution in [-0.2, 0) is 22.5 Å². The first kappa shape index (κ1) is 18.8. The van der Waals surface area contributed by atoms with Crippen LogP contribution in [0.15, 0.2) is 18.2 Å². The molecule has 2 fully saturated rings. The Bertz CT molecular complexity index is 682. The van der Waals surface area contributed by atoms with Crippen molar-refractivity contribution in [3.8, 4) is 5.75 Å². The summed E-state index contributed by atoms with van der Waals surface area (Å²) in [6, 6.07) is 6.66. The number of amides is 1. The third kappa shape index (κ3) is 4.14. The summed E-state index contributed by atoms with van der Waals surface area (Å²) in [7, 11) is 1.72. The van der Waals surface area contributed by atoms with Crippen LogP contribution in [0.25, 0.3) is 0 Å². The first-order chi connectivity index (χ1) is 13.1. The number of rotatable bonds is 6. The fourth-order valence-electron chi connectivity index (χ4n) is 4.94. The molecule has 1 atom stereocenters. The highest BCUT2D eigenvalue weighted by Gasteiger charge is 2.44. The van der Waals surface area contributed by atoms with Crippen molar-refractivity contribution in [1.82, 2.24) is 9.80 Å². The van der Waals surface area contributed by atoms with Crippen molar-refractivity contribution >= 4 is 5.91 Å². The molecule has 0 saturated carbocycles. The molecule has 4 rings (SSSR count). The van der Waals surface area contributed by atoms with E-state index in [0.717, 1.165) is 77.2 Å². The van der Waals surface area contributed by atoms with E-state index in [0.29, 0.717) is 12.0 Å². The van der Waals surface area contributed by atoms with Gasteiger partial charge in [-0.1, -0.05) is 12.1 Å². The summed E-state index contributed by atoms with van der Waals surface area (Å²) in [5.74, 6) is 1.40. The average molecular weight is 373 g/mol. The lowest BCUT2D eigenvalue weighted by Gasteiger charge is -2.39. The highest BCUT2D eigenvalue weighted by molar-refractivity contribution is 5.79. The minimum absolute atomic E-state index is 0.210. The number of nitrogens with zero attached hydrogens (tertiary/aromatic N) is 2. The molecule has 148 valence electrons. The van der Waals surface area contributed by atoms with Gasteiger partial charge in [0.25, 0.3) is 0 Å². The van der Waals surface area contributed by atoms with E-state index in [2.05, 4.69) is 34.9 Å². The summed E-state index contributed by atoms with van der Waals surface area (Å²) >= 11 is 0. The van der Waals surface area contributed by atoms with E-state index in [4.69, 9.17) is 9.47 Å². The van der Waals surface area contributed by atoms with Crippen molar-refractivity contribution < 1.29 is 14.3 Å². The summed E-state index contributed by atoms with van der Waals surface area (Å²) in [5.41, 5.74) is 2.94. The number of likely N-dealkylation sites (tertiary alicyclic amines) is 2. The largest absolute Gasteiger partial charge is 0.490 e. The Hall–Kier alpha value is -1.59. The van der Waals surface area contributed by atoms with Crippen LogP contribution < -0.4 is 4.74 Å². The van der Waals surface area contributed by atoms with Crippen LogP contribution in [0, 0.1) is 5.41 Å². The maximum absolute atomic E-state index is 12.4. The number of hydrogen-bond acceptors (Lipinski definition) is 4. The molecule has 1 aromatic rings. The standard InChI is InChI=1S/C22H32N2O3/c1-17-12-19-13-18(4-5-20(19)27-17)15-23-9-6-22(7-10-23)14-21(25)24(16-22)8-3-11-26-2/h4-5,13,17H,3,6-12,14-16H2,1-2H3/t17-/m1/s1. The van der Waals surface area contributed by atoms with Crippen LogP contribution in [-0.4, -0.2) is 61.7 Å². The van der Waals surface area contributed by atoms with Crippen LogP contribution in [0.2, 0.25) is 0 Å². The molecule has 0 radical (unpaired) electrons. The van der Waals surface area contributed by atoms with Gasteiger partial charge in [-0.05, 0) is 61.9 Å². The molecule has 3 aliphatic rings. The van der Waals surface area contributed by atoms with Gasteiger partial charge in [-0.3, -0.25) is 9.69 Å². The number of methoxy groups -OCH3 is 1. The van der Waals surface area contributed by atoms with Gasteiger partial charge in [-0.25, -0.2) is 0 Å². The van der Waals surface area contributed by atoms with E-state index in [1.807, 2.05) is 0 Å². The molecular formula is C22H32N2O3. The van der Waals surface area contributed by atoms with E-state index in [1.165, 1.54) is 11.1 Å². The van der Waals surface area contributed by atoms with Gasteiger partial charge in [0.1, 0.15) is 11.9 Å². The highest BCUT2D eigenvalue weighted by Crippen LogP contribution is 2.41. The van der Waals surface area contributed by atoms with E-state index in [1.54, 1.807) is 7.11 Å². The predicted molar refractivity (Wildman–Crippen MR) is 105 cm³/mol. The van der Waals surface area contributed by atoms with Gasteiger partial charge in [0, 0.05) is 46.2 Å². The Kier molecular flexibility index (Phi) is 5.42.